The molecule has 2 aromatic rings. The van der Waals surface area contributed by atoms with E-state index in [1.54, 1.807) is 29.2 Å². The van der Waals surface area contributed by atoms with Gasteiger partial charge in [-0.2, -0.15) is 0 Å². The minimum absolute atomic E-state index is 0.00629. The van der Waals surface area contributed by atoms with E-state index in [1.807, 2.05) is 32.9 Å². The number of aromatic carboxylic acids is 1. The Hall–Kier alpha value is -3.35. The van der Waals surface area contributed by atoms with Crippen molar-refractivity contribution in [3.8, 4) is 16.9 Å². The second-order valence-electron chi connectivity index (χ2n) is 9.45. The number of Topliss-reactive ketones (excluding diaryl/α,β-unsaturated/α-hetero) is 1. The summed E-state index contributed by atoms with van der Waals surface area (Å²) in [5, 5.41) is 9.23. The van der Waals surface area contributed by atoms with Crippen molar-refractivity contribution in [2.75, 3.05) is 13.1 Å². The highest BCUT2D eigenvalue weighted by Gasteiger charge is 2.44. The molecule has 4 rings (SSSR count). The number of likely N-dealkylation sites (tertiary alicyclic amines) is 1. The van der Waals surface area contributed by atoms with Crippen LogP contribution in [-0.2, 0) is 4.74 Å². The average Bonchev–Trinajstić information content (AvgIpc) is 2.73. The number of hydrogen-bond donors (Lipinski definition) is 1. The van der Waals surface area contributed by atoms with Crippen molar-refractivity contribution in [1.29, 1.82) is 0 Å². The van der Waals surface area contributed by atoms with Crippen LogP contribution in [0.15, 0.2) is 42.5 Å². The number of carboxylic acids is 1. The van der Waals surface area contributed by atoms with Crippen molar-refractivity contribution < 1.29 is 29.0 Å². The number of carbonyl (C=O) groups excluding carboxylic acids is 2. The summed E-state index contributed by atoms with van der Waals surface area (Å²) in [6.45, 7) is 6.45. The maximum absolute atomic E-state index is 13.0. The van der Waals surface area contributed by atoms with Crippen LogP contribution in [0.1, 0.15) is 60.7 Å². The molecule has 168 valence electrons. The molecule has 0 aromatic heterocycles. The van der Waals surface area contributed by atoms with Crippen molar-refractivity contribution in [3.05, 3.63) is 53.6 Å². The van der Waals surface area contributed by atoms with Gasteiger partial charge in [0.1, 0.15) is 17.0 Å². The molecule has 0 unspecified atom stereocenters. The minimum atomic E-state index is -0.996. The number of benzene rings is 2. The summed E-state index contributed by atoms with van der Waals surface area (Å²) in [7, 11) is 0. The lowest BCUT2D eigenvalue weighted by atomic mass is 9.82. The van der Waals surface area contributed by atoms with E-state index in [1.165, 1.54) is 6.07 Å². The van der Waals surface area contributed by atoms with Gasteiger partial charge < -0.3 is 19.5 Å². The van der Waals surface area contributed by atoms with Gasteiger partial charge in [-0.3, -0.25) is 4.79 Å². The normalized spacial score (nSPS) is 17.5. The average molecular weight is 437 g/mol. The van der Waals surface area contributed by atoms with E-state index in [0.29, 0.717) is 37.2 Å². The summed E-state index contributed by atoms with van der Waals surface area (Å²) in [6.07, 6.45) is 1.02. The highest BCUT2D eigenvalue weighted by molar-refractivity contribution is 6.01. The third kappa shape index (κ3) is 4.47. The fourth-order valence-corrected chi connectivity index (χ4v) is 4.21. The largest absolute Gasteiger partial charge is 0.486 e. The lowest BCUT2D eigenvalue weighted by Gasteiger charge is -2.44. The molecule has 1 spiro atoms. The highest BCUT2D eigenvalue weighted by Crippen LogP contribution is 2.41. The van der Waals surface area contributed by atoms with Crippen molar-refractivity contribution in [2.45, 2.75) is 51.2 Å². The number of carbonyl (C=O) groups is 3. The van der Waals surface area contributed by atoms with Crippen LogP contribution in [0, 0.1) is 0 Å². The summed E-state index contributed by atoms with van der Waals surface area (Å²) < 4.78 is 11.8. The molecular formula is C25H27NO6. The van der Waals surface area contributed by atoms with E-state index in [-0.39, 0.29) is 23.9 Å². The van der Waals surface area contributed by atoms with Gasteiger partial charge in [-0.1, -0.05) is 18.2 Å². The van der Waals surface area contributed by atoms with Gasteiger partial charge in [-0.15, -0.1) is 0 Å². The first-order chi connectivity index (χ1) is 15.1. The van der Waals surface area contributed by atoms with Gasteiger partial charge >= 0.3 is 12.1 Å². The lowest BCUT2D eigenvalue weighted by Crippen LogP contribution is -2.52. The van der Waals surface area contributed by atoms with Crippen LogP contribution in [-0.4, -0.2) is 52.1 Å². The van der Waals surface area contributed by atoms with Crippen LogP contribution in [0.5, 0.6) is 5.75 Å². The number of rotatable bonds is 2. The zero-order valence-electron chi connectivity index (χ0n) is 18.5. The van der Waals surface area contributed by atoms with Crippen LogP contribution in [0.4, 0.5) is 4.79 Å². The van der Waals surface area contributed by atoms with Crippen molar-refractivity contribution in [1.82, 2.24) is 4.90 Å². The van der Waals surface area contributed by atoms with Crippen LogP contribution in [0.2, 0.25) is 0 Å². The molecule has 0 aliphatic carbocycles. The number of nitrogens with zero attached hydrogens (tertiary/aromatic N) is 1. The quantitative estimate of drug-likeness (QED) is 0.726. The highest BCUT2D eigenvalue weighted by atomic mass is 16.6. The Kier molecular flexibility index (Phi) is 5.44. The van der Waals surface area contributed by atoms with E-state index in [9.17, 15) is 19.5 Å². The molecule has 1 saturated heterocycles. The van der Waals surface area contributed by atoms with Gasteiger partial charge in [-0.25, -0.2) is 9.59 Å². The summed E-state index contributed by atoms with van der Waals surface area (Å²) >= 11 is 0. The second-order valence-corrected chi connectivity index (χ2v) is 9.45. The predicted octanol–water partition coefficient (Wildman–Crippen LogP) is 4.79. The summed E-state index contributed by atoms with van der Waals surface area (Å²) in [5.41, 5.74) is 1.02. The first-order valence-electron chi connectivity index (χ1n) is 10.7. The monoisotopic (exact) mass is 437 g/mol. The number of amides is 1. The Labute approximate surface area is 186 Å². The molecule has 32 heavy (non-hydrogen) atoms. The first kappa shape index (κ1) is 21.9. The Morgan fingerprint density at radius 1 is 1.06 bits per heavy atom. The Morgan fingerprint density at radius 3 is 2.41 bits per heavy atom. The van der Waals surface area contributed by atoms with Gasteiger partial charge in [0.15, 0.2) is 5.78 Å². The SMILES string of the molecule is CC(C)(C)OC(=O)N1CCC2(CC1)CC(=O)c1cc(-c3cccc(C(=O)O)c3)ccc1O2. The number of carboxylic acid groups (broad SMARTS) is 1. The second kappa shape index (κ2) is 7.97. The third-order valence-electron chi connectivity index (χ3n) is 5.86. The molecule has 0 bridgehead atoms. The molecule has 1 fully saturated rings. The van der Waals surface area contributed by atoms with Crippen LogP contribution >= 0.6 is 0 Å². The molecule has 2 aromatic carbocycles. The molecule has 1 amide bonds. The maximum Gasteiger partial charge on any atom is 0.410 e. The van der Waals surface area contributed by atoms with Gasteiger partial charge in [-0.05, 0) is 56.2 Å². The minimum Gasteiger partial charge on any atom is -0.486 e. The molecule has 2 heterocycles. The molecule has 1 N–H and O–H groups in total. The van der Waals surface area contributed by atoms with Gasteiger partial charge in [0.2, 0.25) is 0 Å². The molecular weight excluding hydrogens is 410 g/mol. The Morgan fingerprint density at radius 2 is 1.75 bits per heavy atom. The van der Waals surface area contributed by atoms with Gasteiger partial charge in [0.05, 0.1) is 17.5 Å². The van der Waals surface area contributed by atoms with Crippen LogP contribution in [0.25, 0.3) is 11.1 Å². The van der Waals surface area contributed by atoms with E-state index in [0.717, 1.165) is 11.1 Å². The lowest BCUT2D eigenvalue weighted by molar-refractivity contribution is -0.0226. The van der Waals surface area contributed by atoms with Crippen molar-refractivity contribution in [2.24, 2.45) is 0 Å². The third-order valence-corrected chi connectivity index (χ3v) is 5.86. The number of ketones is 1. The molecule has 0 radical (unpaired) electrons. The fourth-order valence-electron chi connectivity index (χ4n) is 4.21. The molecule has 2 aliphatic heterocycles. The smallest absolute Gasteiger partial charge is 0.410 e. The fraction of sp³-hybridized carbons (Fsp3) is 0.400. The standard InChI is InChI=1S/C25H27NO6/c1-24(2,3)32-23(30)26-11-9-25(10-12-26)15-20(27)19-14-17(7-8-21(19)31-25)16-5-4-6-18(13-16)22(28)29/h4-8,13-14H,9-12,15H2,1-3H3,(H,28,29). The number of ether oxygens (including phenoxy) is 2. The van der Waals surface area contributed by atoms with E-state index < -0.39 is 17.2 Å². The first-order valence-corrected chi connectivity index (χ1v) is 10.7. The molecule has 2 aliphatic rings. The van der Waals surface area contributed by atoms with Crippen molar-refractivity contribution in [3.63, 3.8) is 0 Å². The van der Waals surface area contributed by atoms with Gasteiger partial charge in [0, 0.05) is 25.9 Å². The summed E-state index contributed by atoms with van der Waals surface area (Å²) in [6, 6.07) is 12.0. The molecule has 7 heteroatoms. The number of fused-ring (bicyclic) bond motifs is 1. The van der Waals surface area contributed by atoms with Crippen LogP contribution in [0.3, 0.4) is 0 Å². The van der Waals surface area contributed by atoms with Gasteiger partial charge in [0.25, 0.3) is 0 Å². The molecule has 0 saturated carbocycles. The topological polar surface area (TPSA) is 93.1 Å². The predicted molar refractivity (Wildman–Crippen MR) is 118 cm³/mol. The van der Waals surface area contributed by atoms with E-state index in [4.69, 9.17) is 9.47 Å². The number of hydrogen-bond acceptors (Lipinski definition) is 5. The number of piperidine rings is 1. The van der Waals surface area contributed by atoms with E-state index >= 15 is 0 Å². The summed E-state index contributed by atoms with van der Waals surface area (Å²) in [4.78, 5) is 38.3. The van der Waals surface area contributed by atoms with E-state index in [2.05, 4.69) is 0 Å². The Balaban J connectivity index is 1.51. The molecule has 7 nitrogen and oxygen atoms in total. The maximum atomic E-state index is 13.0. The summed E-state index contributed by atoms with van der Waals surface area (Å²) in [5.74, 6) is -0.470. The Bertz CT molecular complexity index is 1080. The van der Waals surface area contributed by atoms with Crippen molar-refractivity contribution >= 4 is 17.8 Å². The zero-order chi connectivity index (χ0) is 23.1. The molecule has 0 atom stereocenters. The van der Waals surface area contributed by atoms with Crippen LogP contribution < -0.4 is 4.74 Å². The zero-order valence-corrected chi connectivity index (χ0v) is 18.5.